The SMILES string of the molecule is N#CCOc1cc(CNC(=O)O)ccn1. The summed E-state index contributed by atoms with van der Waals surface area (Å²) in [6, 6.07) is 5.05. The number of pyridine rings is 1. The number of ether oxygens (including phenoxy) is 1. The van der Waals surface area contributed by atoms with Gasteiger partial charge >= 0.3 is 6.09 Å². The van der Waals surface area contributed by atoms with E-state index in [-0.39, 0.29) is 13.2 Å². The minimum absolute atomic E-state index is 0.0805. The lowest BCUT2D eigenvalue weighted by atomic mass is 10.2. The van der Waals surface area contributed by atoms with Crippen molar-refractivity contribution in [3.05, 3.63) is 23.9 Å². The van der Waals surface area contributed by atoms with Crippen molar-refractivity contribution in [2.75, 3.05) is 6.61 Å². The average molecular weight is 207 g/mol. The Morgan fingerprint density at radius 1 is 1.73 bits per heavy atom. The van der Waals surface area contributed by atoms with Gasteiger partial charge in [-0.15, -0.1) is 0 Å². The molecule has 0 aromatic carbocycles. The second-order valence-corrected chi connectivity index (χ2v) is 2.61. The van der Waals surface area contributed by atoms with Crippen molar-refractivity contribution in [1.29, 1.82) is 5.26 Å². The van der Waals surface area contributed by atoms with Crippen LogP contribution < -0.4 is 10.1 Å². The van der Waals surface area contributed by atoms with E-state index in [2.05, 4.69) is 10.3 Å². The van der Waals surface area contributed by atoms with Crippen LogP contribution >= 0.6 is 0 Å². The quantitative estimate of drug-likeness (QED) is 0.759. The molecule has 0 spiro atoms. The third-order valence-corrected chi connectivity index (χ3v) is 1.53. The van der Waals surface area contributed by atoms with Gasteiger partial charge in [0.2, 0.25) is 5.88 Å². The van der Waals surface area contributed by atoms with E-state index in [9.17, 15) is 4.79 Å². The van der Waals surface area contributed by atoms with Crippen LogP contribution in [0.5, 0.6) is 5.88 Å². The summed E-state index contributed by atoms with van der Waals surface area (Å²) in [5, 5.41) is 18.9. The Kier molecular flexibility index (Phi) is 3.91. The molecule has 1 aromatic heterocycles. The number of hydrogen-bond donors (Lipinski definition) is 2. The lowest BCUT2D eigenvalue weighted by Crippen LogP contribution is -2.19. The Balaban J connectivity index is 2.58. The van der Waals surface area contributed by atoms with Crippen molar-refractivity contribution in [3.8, 4) is 11.9 Å². The molecule has 0 saturated carbocycles. The highest BCUT2D eigenvalue weighted by atomic mass is 16.5. The summed E-state index contributed by atoms with van der Waals surface area (Å²) in [5.41, 5.74) is 0.723. The predicted molar refractivity (Wildman–Crippen MR) is 50.2 cm³/mol. The number of rotatable bonds is 4. The summed E-state index contributed by atoms with van der Waals surface area (Å²) in [5.74, 6) is 0.307. The molecule has 1 amide bonds. The van der Waals surface area contributed by atoms with Gasteiger partial charge in [-0.05, 0) is 11.6 Å². The topological polar surface area (TPSA) is 95.2 Å². The Labute approximate surface area is 86.1 Å². The van der Waals surface area contributed by atoms with E-state index in [1.54, 1.807) is 12.1 Å². The smallest absolute Gasteiger partial charge is 0.404 e. The van der Waals surface area contributed by atoms with E-state index in [0.717, 1.165) is 5.56 Å². The normalized spacial score (nSPS) is 9.00. The van der Waals surface area contributed by atoms with Crippen LogP contribution in [0.1, 0.15) is 5.56 Å². The van der Waals surface area contributed by atoms with Crippen LogP contribution in [0.3, 0.4) is 0 Å². The first-order valence-electron chi connectivity index (χ1n) is 4.14. The predicted octanol–water partition coefficient (Wildman–Crippen LogP) is 0.752. The van der Waals surface area contributed by atoms with E-state index in [0.29, 0.717) is 5.88 Å². The summed E-state index contributed by atoms with van der Waals surface area (Å²) in [6.45, 7) is 0.101. The molecule has 0 aliphatic rings. The zero-order valence-electron chi connectivity index (χ0n) is 7.80. The molecule has 1 heterocycles. The molecular weight excluding hydrogens is 198 g/mol. The molecule has 0 aliphatic heterocycles. The van der Waals surface area contributed by atoms with Crippen molar-refractivity contribution in [2.24, 2.45) is 0 Å². The van der Waals surface area contributed by atoms with Gasteiger partial charge in [0.15, 0.2) is 6.61 Å². The van der Waals surface area contributed by atoms with Gasteiger partial charge in [-0.2, -0.15) is 5.26 Å². The lowest BCUT2D eigenvalue weighted by Gasteiger charge is -2.03. The second kappa shape index (κ2) is 5.44. The molecule has 6 nitrogen and oxygen atoms in total. The fourth-order valence-electron chi connectivity index (χ4n) is 0.923. The minimum Gasteiger partial charge on any atom is -0.465 e. The van der Waals surface area contributed by atoms with E-state index in [1.807, 2.05) is 6.07 Å². The van der Waals surface area contributed by atoms with Gasteiger partial charge in [-0.25, -0.2) is 9.78 Å². The Morgan fingerprint density at radius 2 is 2.53 bits per heavy atom. The van der Waals surface area contributed by atoms with E-state index < -0.39 is 6.09 Å². The van der Waals surface area contributed by atoms with Gasteiger partial charge in [0, 0.05) is 18.8 Å². The molecule has 1 rings (SSSR count). The van der Waals surface area contributed by atoms with Crippen molar-refractivity contribution >= 4 is 6.09 Å². The number of aromatic nitrogens is 1. The fraction of sp³-hybridized carbons (Fsp3) is 0.222. The zero-order valence-corrected chi connectivity index (χ0v) is 7.80. The van der Waals surface area contributed by atoms with Gasteiger partial charge in [-0.1, -0.05) is 0 Å². The lowest BCUT2D eigenvalue weighted by molar-refractivity contribution is 0.194. The number of nitriles is 1. The van der Waals surface area contributed by atoms with Crippen LogP contribution in [-0.4, -0.2) is 22.8 Å². The molecule has 0 saturated heterocycles. The standard InChI is InChI=1S/C9H9N3O3/c10-2-4-15-8-5-7(1-3-11-8)6-12-9(13)14/h1,3,5,12H,4,6H2,(H,13,14). The number of amides is 1. The first-order valence-corrected chi connectivity index (χ1v) is 4.14. The van der Waals surface area contributed by atoms with Gasteiger partial charge in [0.25, 0.3) is 0 Å². The third-order valence-electron chi connectivity index (χ3n) is 1.53. The summed E-state index contributed by atoms with van der Waals surface area (Å²) in [4.78, 5) is 14.1. The Bertz CT molecular complexity index is 386. The molecule has 15 heavy (non-hydrogen) atoms. The number of carbonyl (C=O) groups is 1. The third kappa shape index (κ3) is 3.95. The highest BCUT2D eigenvalue weighted by molar-refractivity contribution is 5.64. The van der Waals surface area contributed by atoms with Crippen molar-refractivity contribution in [3.63, 3.8) is 0 Å². The van der Waals surface area contributed by atoms with Gasteiger partial charge in [0.1, 0.15) is 6.07 Å². The highest BCUT2D eigenvalue weighted by Crippen LogP contribution is 2.08. The summed E-state index contributed by atoms with van der Waals surface area (Å²) in [6.07, 6.45) is 0.400. The minimum atomic E-state index is -1.09. The van der Waals surface area contributed by atoms with Crippen LogP contribution in [0, 0.1) is 11.3 Å². The van der Waals surface area contributed by atoms with Crippen LogP contribution in [0.2, 0.25) is 0 Å². The van der Waals surface area contributed by atoms with Crippen molar-refractivity contribution in [2.45, 2.75) is 6.54 Å². The van der Waals surface area contributed by atoms with Crippen LogP contribution in [0.15, 0.2) is 18.3 Å². The molecule has 0 bridgehead atoms. The van der Waals surface area contributed by atoms with Gasteiger partial charge in [0.05, 0.1) is 0 Å². The maximum absolute atomic E-state index is 10.2. The number of nitrogens with zero attached hydrogens (tertiary/aromatic N) is 2. The monoisotopic (exact) mass is 207 g/mol. The van der Waals surface area contributed by atoms with Crippen LogP contribution in [0.4, 0.5) is 4.79 Å². The van der Waals surface area contributed by atoms with Gasteiger partial charge < -0.3 is 15.2 Å². The number of hydrogen-bond acceptors (Lipinski definition) is 4. The first-order chi connectivity index (χ1) is 7.22. The second-order valence-electron chi connectivity index (χ2n) is 2.61. The number of nitrogens with one attached hydrogen (secondary N) is 1. The molecule has 2 N–H and O–H groups in total. The molecular formula is C9H9N3O3. The molecule has 1 aromatic rings. The zero-order chi connectivity index (χ0) is 11.1. The fourth-order valence-corrected chi connectivity index (χ4v) is 0.923. The van der Waals surface area contributed by atoms with Crippen LogP contribution in [0.25, 0.3) is 0 Å². The molecule has 0 atom stereocenters. The Morgan fingerprint density at radius 3 is 3.20 bits per heavy atom. The molecule has 0 radical (unpaired) electrons. The van der Waals surface area contributed by atoms with Gasteiger partial charge in [-0.3, -0.25) is 0 Å². The molecule has 6 heteroatoms. The van der Waals surface area contributed by atoms with E-state index >= 15 is 0 Å². The van der Waals surface area contributed by atoms with Crippen molar-refractivity contribution < 1.29 is 14.6 Å². The van der Waals surface area contributed by atoms with E-state index in [1.165, 1.54) is 6.20 Å². The maximum atomic E-state index is 10.2. The summed E-state index contributed by atoms with van der Waals surface area (Å²) >= 11 is 0. The Hall–Kier alpha value is -2.29. The number of carboxylic acid groups (broad SMARTS) is 1. The first kappa shape index (κ1) is 10.8. The highest BCUT2D eigenvalue weighted by Gasteiger charge is 1.99. The largest absolute Gasteiger partial charge is 0.465 e. The van der Waals surface area contributed by atoms with E-state index in [4.69, 9.17) is 15.1 Å². The summed E-state index contributed by atoms with van der Waals surface area (Å²) < 4.78 is 4.96. The maximum Gasteiger partial charge on any atom is 0.404 e. The molecule has 0 unspecified atom stereocenters. The van der Waals surface area contributed by atoms with Crippen LogP contribution in [-0.2, 0) is 6.54 Å². The summed E-state index contributed by atoms with van der Waals surface area (Å²) in [7, 11) is 0. The molecule has 0 fully saturated rings. The molecule has 0 aliphatic carbocycles. The average Bonchev–Trinajstić information content (AvgIpc) is 2.24. The molecule has 78 valence electrons. The van der Waals surface area contributed by atoms with Crippen molar-refractivity contribution in [1.82, 2.24) is 10.3 Å².